The van der Waals surface area contributed by atoms with Crippen LogP contribution in [0, 0.1) is 26.7 Å². The lowest BCUT2D eigenvalue weighted by Gasteiger charge is -2.33. The van der Waals surface area contributed by atoms with E-state index in [4.69, 9.17) is 12.6 Å². The summed E-state index contributed by atoms with van der Waals surface area (Å²) in [5.41, 5.74) is 7.33. The summed E-state index contributed by atoms with van der Waals surface area (Å²) < 4.78 is 0. The summed E-state index contributed by atoms with van der Waals surface area (Å²) in [6.07, 6.45) is 2.06. The van der Waals surface area contributed by atoms with Gasteiger partial charge in [-0.25, -0.2) is 0 Å². The number of nitrogens with one attached hydrogen (secondary N) is 1. The number of aryl methyl sites for hydroxylation is 3. The molecule has 2 unspecified atom stereocenters. The van der Waals surface area contributed by atoms with Crippen molar-refractivity contribution in [3.63, 3.8) is 0 Å². The second-order valence-corrected chi connectivity index (χ2v) is 10.7. The van der Waals surface area contributed by atoms with Gasteiger partial charge in [-0.2, -0.15) is 0 Å². The van der Waals surface area contributed by atoms with Gasteiger partial charge in [-0.15, -0.1) is 12.6 Å². The van der Waals surface area contributed by atoms with E-state index in [-0.39, 0.29) is 5.91 Å². The molecule has 2 rings (SSSR count). The first-order valence-corrected chi connectivity index (χ1v) is 14.1. The Morgan fingerprint density at radius 3 is 2.08 bits per heavy atom. The molecule has 0 aromatic heterocycles. The predicted molar refractivity (Wildman–Crippen MR) is 164 cm³/mol. The fraction of sp³-hybridized carbons (Fsp3) is 0.469. The van der Waals surface area contributed by atoms with Crippen LogP contribution >= 0.6 is 12.6 Å². The second-order valence-electron chi connectivity index (χ2n) is 10.2. The van der Waals surface area contributed by atoms with Crippen LogP contribution in [-0.4, -0.2) is 35.9 Å². The average Bonchev–Trinajstić information content (AvgIpc) is 2.86. The first kappa shape index (κ1) is 30.7. The molecule has 0 aliphatic heterocycles. The largest absolute Gasteiger partial charge is 0.356 e. The number of carbonyl (C=O) groups is 1. The standard InChI is InChI=1S/C32H47N3OS/c1-10-27(19-20-34(11-2)12-3)26(9)30(22(4)5)33-32(37)35(28-16-13-23(6)14-17-28)31(36)29-18-15-24(7)21-25(29)8/h13-18,21,27,32-33,37H,9-12,19-20H2,1-8H3. The third-order valence-electron chi connectivity index (χ3n) is 7.16. The Morgan fingerprint density at radius 2 is 1.57 bits per heavy atom. The molecule has 5 heteroatoms. The lowest BCUT2D eigenvalue weighted by Crippen LogP contribution is -2.46. The molecule has 0 fully saturated rings. The van der Waals surface area contributed by atoms with E-state index in [1.807, 2.05) is 63.2 Å². The summed E-state index contributed by atoms with van der Waals surface area (Å²) in [5.74, 6) is 0.266. The summed E-state index contributed by atoms with van der Waals surface area (Å²) in [5, 5.41) is 3.58. The fourth-order valence-electron chi connectivity index (χ4n) is 4.72. The van der Waals surface area contributed by atoms with E-state index >= 15 is 0 Å². The van der Waals surface area contributed by atoms with Crippen LogP contribution in [-0.2, 0) is 0 Å². The van der Waals surface area contributed by atoms with Crippen molar-refractivity contribution in [1.29, 1.82) is 0 Å². The number of rotatable bonds is 13. The number of thiol groups is 1. The zero-order chi connectivity index (χ0) is 27.7. The minimum Gasteiger partial charge on any atom is -0.356 e. The van der Waals surface area contributed by atoms with E-state index < -0.39 is 5.50 Å². The second kappa shape index (κ2) is 14.4. The van der Waals surface area contributed by atoms with Gasteiger partial charge in [0, 0.05) is 16.9 Å². The Hall–Kier alpha value is -2.50. The molecule has 0 bridgehead atoms. The van der Waals surface area contributed by atoms with Crippen molar-refractivity contribution in [3.8, 4) is 0 Å². The number of hydrogen-bond donors (Lipinski definition) is 2. The van der Waals surface area contributed by atoms with Crippen molar-refractivity contribution in [2.45, 2.75) is 73.7 Å². The van der Waals surface area contributed by atoms with Crippen LogP contribution in [0.3, 0.4) is 0 Å². The molecular formula is C32H47N3OS. The molecule has 202 valence electrons. The molecule has 0 radical (unpaired) electrons. The molecule has 37 heavy (non-hydrogen) atoms. The van der Waals surface area contributed by atoms with Crippen LogP contribution in [0.5, 0.6) is 0 Å². The van der Waals surface area contributed by atoms with E-state index in [1.54, 1.807) is 4.90 Å². The Labute approximate surface area is 231 Å². The topological polar surface area (TPSA) is 35.6 Å². The van der Waals surface area contributed by atoms with E-state index in [0.717, 1.165) is 71.7 Å². The number of amides is 1. The average molecular weight is 522 g/mol. The lowest BCUT2D eigenvalue weighted by atomic mass is 9.90. The fourth-order valence-corrected chi connectivity index (χ4v) is 5.08. The smallest absolute Gasteiger partial charge is 0.260 e. The van der Waals surface area contributed by atoms with Crippen LogP contribution in [0.4, 0.5) is 5.69 Å². The molecule has 0 aliphatic rings. The zero-order valence-corrected chi connectivity index (χ0v) is 25.1. The number of benzene rings is 2. The van der Waals surface area contributed by atoms with Crippen LogP contribution in [0.2, 0.25) is 0 Å². The summed E-state index contributed by atoms with van der Waals surface area (Å²) in [6.45, 7) is 24.6. The molecule has 0 aliphatic carbocycles. The van der Waals surface area contributed by atoms with Crippen molar-refractivity contribution in [3.05, 3.63) is 88.1 Å². The van der Waals surface area contributed by atoms with Crippen molar-refractivity contribution < 1.29 is 4.79 Å². The lowest BCUT2D eigenvalue weighted by molar-refractivity contribution is 0.0982. The highest BCUT2D eigenvalue weighted by atomic mass is 32.1. The van der Waals surface area contributed by atoms with Crippen molar-refractivity contribution in [2.75, 3.05) is 24.5 Å². The Kier molecular flexibility index (Phi) is 12.0. The van der Waals surface area contributed by atoms with Gasteiger partial charge >= 0.3 is 0 Å². The number of hydrogen-bond acceptors (Lipinski definition) is 4. The van der Waals surface area contributed by atoms with E-state index in [1.165, 1.54) is 0 Å². The Bertz CT molecular complexity index is 1080. The molecule has 2 aromatic rings. The van der Waals surface area contributed by atoms with Gasteiger partial charge in [0.05, 0.1) is 0 Å². The van der Waals surface area contributed by atoms with Gasteiger partial charge < -0.3 is 10.2 Å². The highest BCUT2D eigenvalue weighted by Crippen LogP contribution is 2.29. The molecule has 0 heterocycles. The van der Waals surface area contributed by atoms with Crippen LogP contribution in [0.1, 0.15) is 74.5 Å². The first-order valence-electron chi connectivity index (χ1n) is 13.5. The predicted octanol–water partition coefficient (Wildman–Crippen LogP) is 7.67. The van der Waals surface area contributed by atoms with Gasteiger partial charge in [-0.3, -0.25) is 9.69 Å². The van der Waals surface area contributed by atoms with Gasteiger partial charge in [0.1, 0.15) is 0 Å². The van der Waals surface area contributed by atoms with Crippen LogP contribution in [0.15, 0.2) is 65.9 Å². The van der Waals surface area contributed by atoms with Crippen LogP contribution < -0.4 is 10.2 Å². The maximum absolute atomic E-state index is 14.0. The minimum atomic E-state index is -0.571. The summed E-state index contributed by atoms with van der Waals surface area (Å²) in [6, 6.07) is 14.0. The molecule has 2 aromatic carbocycles. The van der Waals surface area contributed by atoms with Crippen molar-refractivity contribution in [1.82, 2.24) is 10.2 Å². The first-order chi connectivity index (χ1) is 17.5. The minimum absolute atomic E-state index is 0.0823. The molecule has 1 amide bonds. The third kappa shape index (κ3) is 8.24. The SMILES string of the molecule is C=C(C(NC(S)N(C(=O)c1ccc(C)cc1C)c1ccc(C)cc1)=C(C)C)C(CC)CCN(CC)CC. The molecule has 1 N–H and O–H groups in total. The molecular weight excluding hydrogens is 474 g/mol. The monoisotopic (exact) mass is 521 g/mol. The number of allylic oxidation sites excluding steroid dienone is 2. The summed E-state index contributed by atoms with van der Waals surface area (Å²) >= 11 is 4.96. The maximum Gasteiger partial charge on any atom is 0.260 e. The maximum atomic E-state index is 14.0. The quantitative estimate of drug-likeness (QED) is 0.161. The molecule has 0 saturated carbocycles. The van der Waals surface area contributed by atoms with Crippen molar-refractivity contribution >= 4 is 24.2 Å². The molecule has 0 spiro atoms. The van der Waals surface area contributed by atoms with Crippen molar-refractivity contribution in [2.24, 2.45) is 5.92 Å². The molecule has 2 atom stereocenters. The number of carbonyl (C=O) groups excluding carboxylic acids is 1. The van der Waals surface area contributed by atoms with Gasteiger partial charge in [0.15, 0.2) is 5.50 Å². The van der Waals surface area contributed by atoms with Gasteiger partial charge in [-0.05, 0) is 102 Å². The highest BCUT2D eigenvalue weighted by Gasteiger charge is 2.27. The zero-order valence-electron chi connectivity index (χ0n) is 24.2. The Morgan fingerprint density at radius 1 is 0.973 bits per heavy atom. The molecule has 0 saturated heterocycles. The number of anilines is 1. The van der Waals surface area contributed by atoms with E-state index in [0.29, 0.717) is 11.5 Å². The number of nitrogens with zero attached hydrogens (tertiary/aromatic N) is 2. The van der Waals surface area contributed by atoms with E-state index in [9.17, 15) is 4.79 Å². The van der Waals surface area contributed by atoms with Gasteiger partial charge in [-0.1, -0.05) is 68.3 Å². The molecule has 4 nitrogen and oxygen atoms in total. The Balaban J connectivity index is 2.39. The van der Waals surface area contributed by atoms with Gasteiger partial charge in [0.25, 0.3) is 5.91 Å². The normalized spacial score (nSPS) is 12.7. The van der Waals surface area contributed by atoms with Crippen LogP contribution in [0.25, 0.3) is 0 Å². The third-order valence-corrected chi connectivity index (χ3v) is 7.52. The van der Waals surface area contributed by atoms with E-state index in [2.05, 4.69) is 51.4 Å². The highest BCUT2D eigenvalue weighted by molar-refractivity contribution is 7.81. The summed E-state index contributed by atoms with van der Waals surface area (Å²) in [7, 11) is 0. The van der Waals surface area contributed by atoms with Gasteiger partial charge in [0.2, 0.25) is 0 Å². The summed E-state index contributed by atoms with van der Waals surface area (Å²) in [4.78, 5) is 18.1.